The Balaban J connectivity index is 3.73. The summed E-state index contributed by atoms with van der Waals surface area (Å²) in [7, 11) is 0. The van der Waals surface area contributed by atoms with Crippen molar-refractivity contribution in [2.24, 2.45) is 0 Å². The molecular weight excluding hydrogens is 183 g/mol. The Kier molecular flexibility index (Phi) is 5.45. The van der Waals surface area contributed by atoms with Crippen molar-refractivity contribution >= 4 is 16.5 Å². The second kappa shape index (κ2) is 5.19. The Hall–Kier alpha value is 0.503. The van der Waals surface area contributed by atoms with Crippen LogP contribution in [0.1, 0.15) is 27.7 Å². The zero-order chi connectivity index (χ0) is 8.15. The molecule has 0 spiro atoms. The Morgan fingerprint density at radius 2 is 1.50 bits per heavy atom. The van der Waals surface area contributed by atoms with Gasteiger partial charge in [-0.1, -0.05) is 0 Å². The number of hydrogen-bond acceptors (Lipinski definition) is 1. The van der Waals surface area contributed by atoms with Crippen molar-refractivity contribution in [1.82, 2.24) is 4.90 Å². The average Bonchev–Trinajstić information content (AvgIpc) is 1.81. The van der Waals surface area contributed by atoms with Gasteiger partial charge in [0.2, 0.25) is 0 Å². The van der Waals surface area contributed by atoms with Crippen LogP contribution in [0.4, 0.5) is 0 Å². The first-order chi connectivity index (χ1) is 4.59. The van der Waals surface area contributed by atoms with E-state index in [1.807, 2.05) is 0 Å². The van der Waals surface area contributed by atoms with E-state index in [9.17, 15) is 0 Å². The second-order valence-electron chi connectivity index (χ2n) is 3.43. The summed E-state index contributed by atoms with van der Waals surface area (Å²) >= 11 is 1.02. The maximum atomic E-state index is 2.56. The van der Waals surface area contributed by atoms with Crippen LogP contribution < -0.4 is 0 Å². The molecule has 0 N–H and O–H groups in total. The van der Waals surface area contributed by atoms with E-state index >= 15 is 0 Å². The summed E-state index contributed by atoms with van der Waals surface area (Å²) in [5.41, 5.74) is 0. The summed E-state index contributed by atoms with van der Waals surface area (Å²) in [5.74, 6) is 0. The molecule has 0 atom stereocenters. The summed E-state index contributed by atoms with van der Waals surface area (Å²) in [6, 6.07) is 1.45. The monoisotopic (exact) mass is 205 g/mol. The molecule has 0 aliphatic rings. The predicted molar refractivity (Wildman–Crippen MR) is 51.7 cm³/mol. The summed E-state index contributed by atoms with van der Waals surface area (Å²) in [6.07, 6.45) is 0. The zero-order valence-corrected chi connectivity index (χ0v) is 12.2. The third kappa shape index (κ3) is 3.62. The third-order valence-corrected chi connectivity index (χ3v) is 2.75. The fourth-order valence-electron chi connectivity index (χ4n) is 1.37. The molecule has 0 aromatic carbocycles. The Morgan fingerprint density at radius 1 is 1.10 bits per heavy atom. The molecule has 0 aromatic heterocycles. The van der Waals surface area contributed by atoms with Crippen LogP contribution in [0.15, 0.2) is 0 Å². The SMILES string of the molecule is CC(C)N(C[CH2][GeH3])C(C)C. The molecule has 0 rings (SSSR count). The second-order valence-corrected chi connectivity index (χ2v) is 5.52. The number of nitrogens with zero attached hydrogens (tertiary/aromatic N) is 1. The molecule has 2 heteroatoms. The minimum atomic E-state index is 0.724. The standard InChI is InChI=1S/C8H21GeN/c1-7(2)10(6-5-9)8(3)4/h7-8H,5-6H2,1-4,9H3. The van der Waals surface area contributed by atoms with Crippen LogP contribution >= 0.6 is 0 Å². The Labute approximate surface area is 73.4 Å². The third-order valence-electron chi connectivity index (χ3n) is 1.81. The van der Waals surface area contributed by atoms with Gasteiger partial charge in [-0.25, -0.2) is 0 Å². The molecule has 62 valence electrons. The van der Waals surface area contributed by atoms with E-state index in [4.69, 9.17) is 0 Å². The van der Waals surface area contributed by atoms with Gasteiger partial charge in [0, 0.05) is 0 Å². The molecule has 1 nitrogen and oxygen atoms in total. The quantitative estimate of drug-likeness (QED) is 0.614. The van der Waals surface area contributed by atoms with Gasteiger partial charge in [-0.3, -0.25) is 0 Å². The molecule has 0 radical (unpaired) electrons. The Morgan fingerprint density at radius 3 is 1.60 bits per heavy atom. The molecular formula is C8H21GeN. The molecule has 0 unspecified atom stereocenters. The topological polar surface area (TPSA) is 3.24 Å². The molecule has 0 aliphatic carbocycles. The van der Waals surface area contributed by atoms with E-state index in [1.165, 1.54) is 11.8 Å². The van der Waals surface area contributed by atoms with Crippen LogP contribution in [-0.4, -0.2) is 40.0 Å². The molecule has 0 heterocycles. The first-order valence-corrected chi connectivity index (χ1v) is 7.32. The van der Waals surface area contributed by atoms with Gasteiger partial charge in [0.1, 0.15) is 0 Å². The van der Waals surface area contributed by atoms with Crippen LogP contribution in [0.3, 0.4) is 0 Å². The van der Waals surface area contributed by atoms with Gasteiger partial charge in [0.25, 0.3) is 0 Å². The van der Waals surface area contributed by atoms with Crippen molar-refractivity contribution in [3.63, 3.8) is 0 Å². The predicted octanol–water partition coefficient (Wildman–Crippen LogP) is 0.889. The van der Waals surface area contributed by atoms with E-state index < -0.39 is 0 Å². The van der Waals surface area contributed by atoms with Gasteiger partial charge in [-0.2, -0.15) is 0 Å². The van der Waals surface area contributed by atoms with Crippen molar-refractivity contribution in [2.75, 3.05) is 6.54 Å². The zero-order valence-electron chi connectivity index (χ0n) is 8.02. The van der Waals surface area contributed by atoms with Crippen molar-refractivity contribution in [1.29, 1.82) is 0 Å². The Bertz CT molecular complexity index is 73.3. The molecule has 0 fully saturated rings. The van der Waals surface area contributed by atoms with Crippen molar-refractivity contribution in [3.8, 4) is 0 Å². The molecule has 0 saturated heterocycles. The van der Waals surface area contributed by atoms with Crippen LogP contribution in [0, 0.1) is 0 Å². The molecule has 0 saturated carbocycles. The van der Waals surface area contributed by atoms with Crippen molar-refractivity contribution in [3.05, 3.63) is 0 Å². The normalized spacial score (nSPS) is 12.3. The molecule has 10 heavy (non-hydrogen) atoms. The summed E-state index contributed by atoms with van der Waals surface area (Å²) in [6.45, 7) is 10.4. The fraction of sp³-hybridized carbons (Fsp3) is 1.00. The maximum absolute atomic E-state index is 2.56. The van der Waals surface area contributed by atoms with E-state index in [2.05, 4.69) is 32.6 Å². The average molecular weight is 204 g/mol. The van der Waals surface area contributed by atoms with Gasteiger partial charge < -0.3 is 0 Å². The van der Waals surface area contributed by atoms with Gasteiger partial charge in [0.15, 0.2) is 0 Å². The van der Waals surface area contributed by atoms with Crippen LogP contribution in [0.25, 0.3) is 0 Å². The van der Waals surface area contributed by atoms with E-state index in [0.29, 0.717) is 0 Å². The van der Waals surface area contributed by atoms with Crippen molar-refractivity contribution < 1.29 is 0 Å². The van der Waals surface area contributed by atoms with Crippen LogP contribution in [0.5, 0.6) is 0 Å². The fourth-order valence-corrected chi connectivity index (χ4v) is 2.45. The van der Waals surface area contributed by atoms with Gasteiger partial charge in [0.05, 0.1) is 0 Å². The molecule has 0 aliphatic heterocycles. The summed E-state index contributed by atoms with van der Waals surface area (Å²) in [5, 5.41) is 1.45. The summed E-state index contributed by atoms with van der Waals surface area (Å²) < 4.78 is 0. The van der Waals surface area contributed by atoms with E-state index in [0.717, 1.165) is 28.6 Å². The van der Waals surface area contributed by atoms with Crippen molar-refractivity contribution in [2.45, 2.75) is 45.0 Å². The molecule has 0 aromatic rings. The van der Waals surface area contributed by atoms with E-state index in [-0.39, 0.29) is 0 Å². The first-order valence-electron chi connectivity index (χ1n) is 4.35. The van der Waals surface area contributed by atoms with Gasteiger partial charge in [-0.05, 0) is 0 Å². The molecule has 0 bridgehead atoms. The molecule has 0 amide bonds. The van der Waals surface area contributed by atoms with E-state index in [1.54, 1.807) is 0 Å². The minimum absolute atomic E-state index is 0.724. The van der Waals surface area contributed by atoms with Crippen LogP contribution in [-0.2, 0) is 0 Å². The first kappa shape index (κ1) is 10.5. The summed E-state index contributed by atoms with van der Waals surface area (Å²) in [4.78, 5) is 2.56. The van der Waals surface area contributed by atoms with Gasteiger partial charge in [-0.15, -0.1) is 0 Å². The number of rotatable bonds is 4. The van der Waals surface area contributed by atoms with Gasteiger partial charge >= 0.3 is 73.0 Å². The van der Waals surface area contributed by atoms with Crippen LogP contribution in [0.2, 0.25) is 5.25 Å². The number of hydrogen-bond donors (Lipinski definition) is 0.